The molecule has 0 radical (unpaired) electrons. The molecule has 0 atom stereocenters. The highest BCUT2D eigenvalue weighted by Crippen LogP contribution is 2.14. The Labute approximate surface area is 163 Å². The van der Waals surface area contributed by atoms with E-state index in [4.69, 9.17) is 4.74 Å². The summed E-state index contributed by atoms with van der Waals surface area (Å²) in [6, 6.07) is 12.5. The number of benzene rings is 1. The highest BCUT2D eigenvalue weighted by atomic mass is 16.5. The van der Waals surface area contributed by atoms with E-state index < -0.39 is 0 Å². The van der Waals surface area contributed by atoms with E-state index in [1.165, 1.54) is 0 Å². The summed E-state index contributed by atoms with van der Waals surface area (Å²) in [7, 11) is 0. The minimum absolute atomic E-state index is 0.0724. The van der Waals surface area contributed by atoms with Crippen LogP contribution in [0.1, 0.15) is 35.7 Å². The number of hydrogen-bond acceptors (Lipinski definition) is 5. The van der Waals surface area contributed by atoms with Crippen molar-refractivity contribution in [3.05, 3.63) is 72.2 Å². The van der Waals surface area contributed by atoms with Gasteiger partial charge in [0.05, 0.1) is 6.61 Å². The number of ketones is 1. The molecule has 0 aliphatic heterocycles. The molecule has 0 saturated carbocycles. The van der Waals surface area contributed by atoms with Gasteiger partial charge >= 0.3 is 0 Å². The largest absolute Gasteiger partial charge is 0.494 e. The fourth-order valence-corrected chi connectivity index (χ4v) is 2.73. The van der Waals surface area contributed by atoms with Crippen molar-refractivity contribution in [2.24, 2.45) is 0 Å². The summed E-state index contributed by atoms with van der Waals surface area (Å²) in [6.45, 7) is 2.80. The minimum Gasteiger partial charge on any atom is -0.494 e. The van der Waals surface area contributed by atoms with Crippen molar-refractivity contribution in [3.63, 3.8) is 0 Å². The van der Waals surface area contributed by atoms with Crippen LogP contribution >= 0.6 is 0 Å². The molecule has 1 aromatic carbocycles. The van der Waals surface area contributed by atoms with E-state index in [1.54, 1.807) is 47.5 Å². The van der Waals surface area contributed by atoms with Gasteiger partial charge in [-0.2, -0.15) is 5.10 Å². The van der Waals surface area contributed by atoms with E-state index in [1.807, 2.05) is 25.1 Å². The van der Waals surface area contributed by atoms with Crippen LogP contribution in [0, 0.1) is 0 Å². The summed E-state index contributed by atoms with van der Waals surface area (Å²) in [4.78, 5) is 28.7. The SMILES string of the molecule is CCOc1ccc(C(=O)CCC(=O)NCc2cccnc2-n2cccn2)cc1. The monoisotopic (exact) mass is 378 g/mol. The van der Waals surface area contributed by atoms with Gasteiger partial charge in [0, 0.05) is 49.1 Å². The first-order chi connectivity index (χ1) is 13.7. The van der Waals surface area contributed by atoms with Gasteiger partial charge in [0.2, 0.25) is 5.91 Å². The van der Waals surface area contributed by atoms with Gasteiger partial charge < -0.3 is 10.1 Å². The fraction of sp³-hybridized carbons (Fsp3) is 0.238. The number of hydrogen-bond donors (Lipinski definition) is 1. The fourth-order valence-electron chi connectivity index (χ4n) is 2.73. The summed E-state index contributed by atoms with van der Waals surface area (Å²) >= 11 is 0. The second-order valence-electron chi connectivity index (χ2n) is 6.09. The zero-order valence-corrected chi connectivity index (χ0v) is 15.7. The molecule has 2 heterocycles. The molecule has 0 saturated heterocycles. The normalized spacial score (nSPS) is 10.5. The first-order valence-electron chi connectivity index (χ1n) is 9.14. The van der Waals surface area contributed by atoms with Crippen LogP contribution in [0.5, 0.6) is 5.75 Å². The van der Waals surface area contributed by atoms with E-state index in [0.29, 0.717) is 24.5 Å². The highest BCUT2D eigenvalue weighted by Gasteiger charge is 2.11. The third-order valence-electron chi connectivity index (χ3n) is 4.13. The van der Waals surface area contributed by atoms with Gasteiger partial charge in [-0.3, -0.25) is 9.59 Å². The zero-order chi connectivity index (χ0) is 19.8. The third kappa shape index (κ3) is 5.03. The van der Waals surface area contributed by atoms with Gasteiger partial charge in [0.25, 0.3) is 0 Å². The molecule has 0 aliphatic carbocycles. The van der Waals surface area contributed by atoms with Gasteiger partial charge in [0.1, 0.15) is 5.75 Å². The van der Waals surface area contributed by atoms with Crippen molar-refractivity contribution < 1.29 is 14.3 Å². The molecule has 7 heteroatoms. The zero-order valence-electron chi connectivity index (χ0n) is 15.7. The van der Waals surface area contributed by atoms with Crippen LogP contribution in [-0.4, -0.2) is 33.1 Å². The van der Waals surface area contributed by atoms with Gasteiger partial charge in [0.15, 0.2) is 11.6 Å². The average molecular weight is 378 g/mol. The molecule has 0 fully saturated rings. The topological polar surface area (TPSA) is 86.1 Å². The van der Waals surface area contributed by atoms with Crippen LogP contribution < -0.4 is 10.1 Å². The minimum atomic E-state index is -0.186. The predicted molar refractivity (Wildman–Crippen MR) is 104 cm³/mol. The Kier molecular flexibility index (Phi) is 6.51. The second-order valence-corrected chi connectivity index (χ2v) is 6.09. The van der Waals surface area contributed by atoms with Crippen molar-refractivity contribution in [2.45, 2.75) is 26.3 Å². The molecule has 1 N–H and O–H groups in total. The Morgan fingerprint density at radius 3 is 2.61 bits per heavy atom. The van der Waals surface area contributed by atoms with Crippen LogP contribution in [0.4, 0.5) is 0 Å². The summed E-state index contributed by atoms with van der Waals surface area (Å²) in [5.74, 6) is 1.13. The molecule has 1 amide bonds. The number of rotatable bonds is 9. The van der Waals surface area contributed by atoms with Crippen LogP contribution in [0.3, 0.4) is 0 Å². The molecule has 3 aromatic rings. The van der Waals surface area contributed by atoms with Crippen LogP contribution in [0.2, 0.25) is 0 Å². The van der Waals surface area contributed by atoms with E-state index >= 15 is 0 Å². The van der Waals surface area contributed by atoms with Crippen molar-refractivity contribution in [1.82, 2.24) is 20.1 Å². The van der Waals surface area contributed by atoms with Gasteiger partial charge in [-0.05, 0) is 43.3 Å². The number of carbonyl (C=O) groups is 2. The lowest BCUT2D eigenvalue weighted by Crippen LogP contribution is -2.24. The molecular weight excluding hydrogens is 356 g/mol. The van der Waals surface area contributed by atoms with Gasteiger partial charge in [-0.25, -0.2) is 9.67 Å². The Morgan fingerprint density at radius 1 is 1.07 bits per heavy atom. The molecule has 3 rings (SSSR count). The summed E-state index contributed by atoms with van der Waals surface area (Å²) in [5.41, 5.74) is 1.42. The summed E-state index contributed by atoms with van der Waals surface area (Å²) in [6.07, 6.45) is 5.42. The number of nitrogens with one attached hydrogen (secondary N) is 1. The van der Waals surface area contributed by atoms with Crippen LogP contribution in [0.15, 0.2) is 61.1 Å². The van der Waals surface area contributed by atoms with Crippen LogP contribution in [0.25, 0.3) is 5.82 Å². The van der Waals surface area contributed by atoms with Gasteiger partial charge in [-0.15, -0.1) is 0 Å². The molecule has 144 valence electrons. The van der Waals surface area contributed by atoms with E-state index in [-0.39, 0.29) is 24.5 Å². The van der Waals surface area contributed by atoms with Crippen molar-refractivity contribution in [2.75, 3.05) is 6.61 Å². The first kappa shape index (κ1) is 19.3. The molecule has 0 unspecified atom stereocenters. The van der Waals surface area contributed by atoms with E-state index in [2.05, 4.69) is 15.4 Å². The van der Waals surface area contributed by atoms with Crippen LogP contribution in [-0.2, 0) is 11.3 Å². The lowest BCUT2D eigenvalue weighted by atomic mass is 10.1. The number of pyridine rings is 1. The Hall–Kier alpha value is -3.48. The lowest BCUT2D eigenvalue weighted by molar-refractivity contribution is -0.121. The Balaban J connectivity index is 1.51. The summed E-state index contributed by atoms with van der Waals surface area (Å²) in [5, 5.41) is 7.01. The predicted octanol–water partition coefficient (Wildman–Crippen LogP) is 2.95. The van der Waals surface area contributed by atoms with Crippen molar-refractivity contribution in [1.29, 1.82) is 0 Å². The number of ether oxygens (including phenoxy) is 1. The first-order valence-corrected chi connectivity index (χ1v) is 9.14. The number of carbonyl (C=O) groups excluding carboxylic acids is 2. The smallest absolute Gasteiger partial charge is 0.220 e. The maximum Gasteiger partial charge on any atom is 0.220 e. The molecule has 28 heavy (non-hydrogen) atoms. The Morgan fingerprint density at radius 2 is 1.89 bits per heavy atom. The molecule has 2 aromatic heterocycles. The number of aromatic nitrogens is 3. The van der Waals surface area contributed by atoms with E-state index in [9.17, 15) is 9.59 Å². The van der Waals surface area contributed by atoms with Crippen molar-refractivity contribution in [3.8, 4) is 11.6 Å². The number of nitrogens with zero attached hydrogens (tertiary/aromatic N) is 3. The quantitative estimate of drug-likeness (QED) is 0.579. The van der Waals surface area contributed by atoms with E-state index in [0.717, 1.165) is 11.3 Å². The third-order valence-corrected chi connectivity index (χ3v) is 4.13. The standard InChI is InChI=1S/C21H22N4O3/c1-2-28-18-8-6-16(7-9-18)19(26)10-11-20(27)23-15-17-5-3-12-22-21(17)25-14-4-13-24-25/h3-9,12-14H,2,10-11,15H2,1H3,(H,23,27). The molecule has 0 bridgehead atoms. The summed E-state index contributed by atoms with van der Waals surface area (Å²) < 4.78 is 7.01. The maximum absolute atomic E-state index is 12.3. The number of Topliss-reactive ketones (excluding diaryl/α,β-unsaturated/α-hetero) is 1. The lowest BCUT2D eigenvalue weighted by Gasteiger charge is -2.10. The second kappa shape index (κ2) is 9.45. The Bertz CT molecular complexity index is 921. The van der Waals surface area contributed by atoms with Crippen molar-refractivity contribution >= 4 is 11.7 Å². The molecule has 0 spiro atoms. The molecular formula is C21H22N4O3. The molecule has 0 aliphatic rings. The number of amides is 1. The average Bonchev–Trinajstić information content (AvgIpc) is 3.26. The highest BCUT2D eigenvalue weighted by molar-refractivity contribution is 5.98. The molecule has 7 nitrogen and oxygen atoms in total. The maximum atomic E-state index is 12.3. The van der Waals surface area contributed by atoms with Gasteiger partial charge in [-0.1, -0.05) is 6.07 Å².